The van der Waals surface area contributed by atoms with E-state index in [9.17, 15) is 19.1 Å². The Kier molecular flexibility index (Phi) is 6.91. The van der Waals surface area contributed by atoms with Gasteiger partial charge in [0.05, 0.1) is 30.6 Å². The SMILES string of the molecule is CC1CN(C(=O)Cn2cc(NC(=O)NCC(C)(O)c3cccc(F)c3)cn2)CC(C)O1. The van der Waals surface area contributed by atoms with Crippen molar-refractivity contribution < 1.29 is 23.8 Å². The van der Waals surface area contributed by atoms with Crippen LogP contribution in [0, 0.1) is 5.82 Å². The molecule has 1 saturated heterocycles. The van der Waals surface area contributed by atoms with Crippen molar-refractivity contribution in [2.45, 2.75) is 45.1 Å². The summed E-state index contributed by atoms with van der Waals surface area (Å²) in [5, 5.41) is 19.8. The average molecular weight is 433 g/mol. The molecule has 1 aromatic carbocycles. The Morgan fingerprint density at radius 3 is 2.71 bits per heavy atom. The van der Waals surface area contributed by atoms with Crippen LogP contribution in [0.25, 0.3) is 0 Å². The fraction of sp³-hybridized carbons (Fsp3) is 0.476. The van der Waals surface area contributed by atoms with Crippen molar-refractivity contribution in [3.63, 3.8) is 0 Å². The number of carbonyl (C=O) groups is 2. The molecule has 31 heavy (non-hydrogen) atoms. The van der Waals surface area contributed by atoms with E-state index in [1.165, 1.54) is 36.0 Å². The zero-order chi connectivity index (χ0) is 22.6. The van der Waals surface area contributed by atoms with Gasteiger partial charge in [0.2, 0.25) is 5.91 Å². The van der Waals surface area contributed by atoms with Gasteiger partial charge >= 0.3 is 6.03 Å². The van der Waals surface area contributed by atoms with E-state index < -0.39 is 17.4 Å². The lowest BCUT2D eigenvalue weighted by molar-refractivity contribution is -0.144. The second kappa shape index (κ2) is 9.44. The largest absolute Gasteiger partial charge is 0.384 e. The zero-order valence-electron chi connectivity index (χ0n) is 17.8. The van der Waals surface area contributed by atoms with E-state index in [-0.39, 0.29) is 31.2 Å². The third-order valence-corrected chi connectivity index (χ3v) is 5.00. The van der Waals surface area contributed by atoms with E-state index in [4.69, 9.17) is 4.74 Å². The van der Waals surface area contributed by atoms with Crippen LogP contribution in [0.15, 0.2) is 36.7 Å². The summed E-state index contributed by atoms with van der Waals surface area (Å²) in [4.78, 5) is 26.4. The Morgan fingerprint density at radius 1 is 1.32 bits per heavy atom. The molecule has 0 aliphatic carbocycles. The predicted molar refractivity (Wildman–Crippen MR) is 112 cm³/mol. The van der Waals surface area contributed by atoms with Crippen molar-refractivity contribution in [1.82, 2.24) is 20.0 Å². The molecule has 0 spiro atoms. The molecule has 2 heterocycles. The first-order chi connectivity index (χ1) is 14.6. The summed E-state index contributed by atoms with van der Waals surface area (Å²) in [6.07, 6.45) is 2.95. The quantitative estimate of drug-likeness (QED) is 0.642. The minimum atomic E-state index is -1.44. The van der Waals surface area contributed by atoms with Gasteiger partial charge in [0.15, 0.2) is 0 Å². The number of benzene rings is 1. The van der Waals surface area contributed by atoms with Gasteiger partial charge in [0.25, 0.3) is 0 Å². The number of morpholine rings is 1. The molecule has 0 radical (unpaired) electrons. The van der Waals surface area contributed by atoms with E-state index in [1.54, 1.807) is 17.2 Å². The molecule has 1 fully saturated rings. The number of aliphatic hydroxyl groups is 1. The number of rotatable bonds is 6. The highest BCUT2D eigenvalue weighted by atomic mass is 19.1. The molecular weight excluding hydrogens is 405 g/mol. The number of halogens is 1. The molecule has 3 amide bonds. The maximum atomic E-state index is 13.4. The van der Waals surface area contributed by atoms with Crippen LogP contribution in [-0.4, -0.2) is 63.6 Å². The molecule has 9 nitrogen and oxygen atoms in total. The van der Waals surface area contributed by atoms with E-state index in [1.807, 2.05) is 13.8 Å². The molecule has 2 aromatic rings. The Morgan fingerprint density at radius 2 is 2.03 bits per heavy atom. The Bertz CT molecular complexity index is 922. The first-order valence-electron chi connectivity index (χ1n) is 10.1. The first kappa shape index (κ1) is 22.7. The summed E-state index contributed by atoms with van der Waals surface area (Å²) >= 11 is 0. The summed E-state index contributed by atoms with van der Waals surface area (Å²) < 4.78 is 20.5. The standard InChI is InChI=1S/C21H28FN5O4/c1-14-9-26(10-15(2)31-14)19(28)12-27-11-18(8-24-27)25-20(29)23-13-21(3,30)16-5-4-6-17(22)7-16/h4-8,11,14-15,30H,9-10,12-13H2,1-3H3,(H2,23,25,29). The number of nitrogens with one attached hydrogen (secondary N) is 2. The molecule has 0 saturated carbocycles. The van der Waals surface area contributed by atoms with Crippen molar-refractivity contribution in [1.29, 1.82) is 0 Å². The Labute approximate surface area is 180 Å². The van der Waals surface area contributed by atoms with E-state index in [0.717, 1.165) is 0 Å². The van der Waals surface area contributed by atoms with Gasteiger partial charge in [-0.05, 0) is 38.5 Å². The number of urea groups is 1. The molecular formula is C21H28FN5O4. The van der Waals surface area contributed by atoms with Gasteiger partial charge in [-0.15, -0.1) is 0 Å². The Balaban J connectivity index is 1.50. The van der Waals surface area contributed by atoms with Crippen LogP contribution >= 0.6 is 0 Å². The van der Waals surface area contributed by atoms with Crippen molar-refractivity contribution in [2.75, 3.05) is 25.0 Å². The van der Waals surface area contributed by atoms with Crippen LogP contribution in [-0.2, 0) is 21.7 Å². The Hall–Kier alpha value is -2.98. The van der Waals surface area contributed by atoms with E-state index in [0.29, 0.717) is 24.3 Å². The minimum absolute atomic E-state index is 0.0177. The summed E-state index contributed by atoms with van der Waals surface area (Å²) in [6, 6.07) is 5.02. The lowest BCUT2D eigenvalue weighted by atomic mass is 9.96. The number of hydrogen-bond donors (Lipinski definition) is 3. The molecule has 1 aliphatic heterocycles. The topological polar surface area (TPSA) is 109 Å². The second-order valence-corrected chi connectivity index (χ2v) is 8.07. The molecule has 1 aromatic heterocycles. The summed E-state index contributed by atoms with van der Waals surface area (Å²) in [6.45, 7) is 6.33. The smallest absolute Gasteiger partial charge is 0.319 e. The maximum absolute atomic E-state index is 13.4. The molecule has 10 heteroatoms. The van der Waals surface area contributed by atoms with E-state index >= 15 is 0 Å². The molecule has 168 valence electrons. The van der Waals surface area contributed by atoms with Gasteiger partial charge in [-0.25, -0.2) is 9.18 Å². The first-order valence-corrected chi connectivity index (χ1v) is 10.1. The van der Waals surface area contributed by atoms with Crippen molar-refractivity contribution in [3.05, 3.63) is 48.0 Å². The summed E-state index contributed by atoms with van der Waals surface area (Å²) in [5.41, 5.74) is -0.687. The van der Waals surface area contributed by atoms with Crippen molar-refractivity contribution >= 4 is 17.6 Å². The van der Waals surface area contributed by atoms with Gasteiger partial charge in [0.1, 0.15) is 18.0 Å². The number of amides is 3. The number of anilines is 1. The lowest BCUT2D eigenvalue weighted by Gasteiger charge is -2.35. The monoisotopic (exact) mass is 433 g/mol. The molecule has 0 bridgehead atoms. The number of hydrogen-bond acceptors (Lipinski definition) is 5. The number of nitrogens with zero attached hydrogens (tertiary/aromatic N) is 3. The van der Waals surface area contributed by atoms with Crippen LogP contribution in [0.5, 0.6) is 0 Å². The third kappa shape index (κ3) is 6.25. The predicted octanol–water partition coefficient (Wildman–Crippen LogP) is 1.69. The van der Waals surface area contributed by atoms with Gasteiger partial charge in [-0.2, -0.15) is 5.10 Å². The summed E-state index contributed by atoms with van der Waals surface area (Å²) in [5.74, 6) is -0.544. The molecule has 1 aliphatic rings. The molecule has 3 N–H and O–H groups in total. The average Bonchev–Trinajstić information content (AvgIpc) is 3.12. The van der Waals surface area contributed by atoms with Crippen LogP contribution in [0.2, 0.25) is 0 Å². The number of carbonyl (C=O) groups excluding carboxylic acids is 2. The molecule has 3 rings (SSSR count). The molecule has 3 unspecified atom stereocenters. The zero-order valence-corrected chi connectivity index (χ0v) is 17.8. The second-order valence-electron chi connectivity index (χ2n) is 8.07. The molecule has 3 atom stereocenters. The number of aromatic nitrogens is 2. The van der Waals surface area contributed by atoms with Crippen LogP contribution in [0.3, 0.4) is 0 Å². The van der Waals surface area contributed by atoms with Crippen molar-refractivity contribution in [2.24, 2.45) is 0 Å². The van der Waals surface area contributed by atoms with Gasteiger partial charge < -0.3 is 25.4 Å². The van der Waals surface area contributed by atoms with Gasteiger partial charge in [-0.1, -0.05) is 12.1 Å². The highest BCUT2D eigenvalue weighted by Gasteiger charge is 2.26. The minimum Gasteiger partial charge on any atom is -0.384 e. The maximum Gasteiger partial charge on any atom is 0.319 e. The lowest BCUT2D eigenvalue weighted by Crippen LogP contribution is -2.49. The van der Waals surface area contributed by atoms with Crippen LogP contribution in [0.4, 0.5) is 14.9 Å². The van der Waals surface area contributed by atoms with Crippen LogP contribution in [0.1, 0.15) is 26.3 Å². The van der Waals surface area contributed by atoms with Gasteiger partial charge in [-0.3, -0.25) is 9.48 Å². The highest BCUT2D eigenvalue weighted by Crippen LogP contribution is 2.20. The van der Waals surface area contributed by atoms with Crippen molar-refractivity contribution in [3.8, 4) is 0 Å². The normalized spacial score (nSPS) is 20.7. The van der Waals surface area contributed by atoms with Gasteiger partial charge in [0, 0.05) is 19.3 Å². The highest BCUT2D eigenvalue weighted by molar-refractivity contribution is 5.89. The van der Waals surface area contributed by atoms with Crippen LogP contribution < -0.4 is 10.6 Å². The van der Waals surface area contributed by atoms with E-state index in [2.05, 4.69) is 15.7 Å². The third-order valence-electron chi connectivity index (χ3n) is 5.00. The summed E-state index contributed by atoms with van der Waals surface area (Å²) in [7, 11) is 0. The fourth-order valence-electron chi connectivity index (χ4n) is 3.49. The number of ether oxygens (including phenoxy) is 1. The fourth-order valence-corrected chi connectivity index (χ4v) is 3.49.